The predicted molar refractivity (Wildman–Crippen MR) is 64.2 cm³/mol. The van der Waals surface area contributed by atoms with Crippen molar-refractivity contribution in [1.29, 1.82) is 0 Å². The van der Waals surface area contributed by atoms with Crippen molar-refractivity contribution in [3.63, 3.8) is 0 Å². The standard InChI is InChI=1S/C13H19FN2O/c14-12-5-6-13(16-8-12)17-9-11-3-1-10(7-15)2-4-11/h5-6,8,10-11H,1-4,7,9,15H2/t10-,11+. The summed E-state index contributed by atoms with van der Waals surface area (Å²) < 4.78 is 18.2. The van der Waals surface area contributed by atoms with Gasteiger partial charge in [-0.25, -0.2) is 9.37 Å². The summed E-state index contributed by atoms with van der Waals surface area (Å²) in [5, 5.41) is 0. The zero-order valence-corrected chi connectivity index (χ0v) is 9.94. The van der Waals surface area contributed by atoms with Crippen LogP contribution in [0, 0.1) is 17.7 Å². The monoisotopic (exact) mass is 238 g/mol. The lowest BCUT2D eigenvalue weighted by molar-refractivity contribution is 0.180. The fraction of sp³-hybridized carbons (Fsp3) is 0.615. The minimum absolute atomic E-state index is 0.333. The highest BCUT2D eigenvalue weighted by Gasteiger charge is 2.20. The van der Waals surface area contributed by atoms with Crippen molar-refractivity contribution in [3.8, 4) is 5.88 Å². The Morgan fingerprint density at radius 2 is 1.94 bits per heavy atom. The van der Waals surface area contributed by atoms with E-state index in [1.807, 2.05) is 0 Å². The summed E-state index contributed by atoms with van der Waals surface area (Å²) in [6.07, 6.45) is 5.91. The lowest BCUT2D eigenvalue weighted by Crippen LogP contribution is -2.24. The van der Waals surface area contributed by atoms with Crippen molar-refractivity contribution < 1.29 is 9.13 Å². The molecule has 1 heterocycles. The van der Waals surface area contributed by atoms with Gasteiger partial charge in [-0.05, 0) is 50.1 Å². The van der Waals surface area contributed by atoms with E-state index in [4.69, 9.17) is 10.5 Å². The maximum atomic E-state index is 12.6. The van der Waals surface area contributed by atoms with Crippen molar-refractivity contribution in [2.75, 3.05) is 13.2 Å². The largest absolute Gasteiger partial charge is 0.477 e. The van der Waals surface area contributed by atoms with Gasteiger partial charge in [-0.1, -0.05) is 0 Å². The first-order valence-corrected chi connectivity index (χ1v) is 6.22. The van der Waals surface area contributed by atoms with Crippen molar-refractivity contribution in [2.24, 2.45) is 17.6 Å². The smallest absolute Gasteiger partial charge is 0.213 e. The van der Waals surface area contributed by atoms with Gasteiger partial charge < -0.3 is 10.5 Å². The van der Waals surface area contributed by atoms with Crippen LogP contribution in [-0.2, 0) is 0 Å². The third kappa shape index (κ3) is 3.66. The molecule has 94 valence electrons. The Morgan fingerprint density at radius 1 is 1.24 bits per heavy atom. The van der Waals surface area contributed by atoms with Gasteiger partial charge in [0.05, 0.1) is 12.8 Å². The molecule has 1 aliphatic carbocycles. The molecule has 1 aliphatic rings. The fourth-order valence-electron chi connectivity index (χ4n) is 2.28. The molecule has 1 saturated carbocycles. The lowest BCUT2D eigenvalue weighted by Gasteiger charge is -2.27. The molecule has 2 rings (SSSR count). The highest BCUT2D eigenvalue weighted by atomic mass is 19.1. The molecule has 1 fully saturated rings. The van der Waals surface area contributed by atoms with Crippen LogP contribution in [0.4, 0.5) is 4.39 Å². The summed E-state index contributed by atoms with van der Waals surface area (Å²) in [7, 11) is 0. The molecule has 0 aromatic carbocycles. The zero-order valence-electron chi connectivity index (χ0n) is 9.94. The van der Waals surface area contributed by atoms with Gasteiger partial charge in [0.2, 0.25) is 5.88 Å². The van der Waals surface area contributed by atoms with Crippen LogP contribution < -0.4 is 10.5 Å². The van der Waals surface area contributed by atoms with E-state index in [2.05, 4.69) is 4.98 Å². The first-order chi connectivity index (χ1) is 8.28. The average Bonchev–Trinajstić information content (AvgIpc) is 2.39. The fourth-order valence-corrected chi connectivity index (χ4v) is 2.28. The van der Waals surface area contributed by atoms with E-state index in [9.17, 15) is 4.39 Å². The number of hydrogen-bond acceptors (Lipinski definition) is 3. The minimum atomic E-state index is -0.333. The summed E-state index contributed by atoms with van der Waals surface area (Å²) >= 11 is 0. The van der Waals surface area contributed by atoms with Gasteiger partial charge in [0, 0.05) is 6.07 Å². The van der Waals surface area contributed by atoms with Crippen LogP contribution in [0.5, 0.6) is 5.88 Å². The van der Waals surface area contributed by atoms with Crippen molar-refractivity contribution in [1.82, 2.24) is 4.98 Å². The van der Waals surface area contributed by atoms with E-state index in [1.54, 1.807) is 6.07 Å². The van der Waals surface area contributed by atoms with Gasteiger partial charge in [0.25, 0.3) is 0 Å². The van der Waals surface area contributed by atoms with Gasteiger partial charge in [-0.3, -0.25) is 0 Å². The average molecular weight is 238 g/mol. The SMILES string of the molecule is NC[C@H]1CC[C@@H](COc2ccc(F)cn2)CC1. The molecule has 0 bridgehead atoms. The molecule has 17 heavy (non-hydrogen) atoms. The number of aromatic nitrogens is 1. The molecule has 0 aliphatic heterocycles. The molecule has 0 spiro atoms. The molecule has 3 nitrogen and oxygen atoms in total. The van der Waals surface area contributed by atoms with Crippen LogP contribution in [0.3, 0.4) is 0 Å². The van der Waals surface area contributed by atoms with E-state index in [-0.39, 0.29) is 5.82 Å². The molecular weight excluding hydrogens is 219 g/mol. The van der Waals surface area contributed by atoms with E-state index in [0.717, 1.165) is 6.54 Å². The summed E-state index contributed by atoms with van der Waals surface area (Å²) in [6, 6.07) is 2.94. The molecule has 1 aromatic rings. The molecule has 0 amide bonds. The molecule has 0 radical (unpaired) electrons. The third-order valence-corrected chi connectivity index (χ3v) is 3.47. The predicted octanol–water partition coefficient (Wildman–Crippen LogP) is 2.36. The van der Waals surface area contributed by atoms with E-state index >= 15 is 0 Å². The Kier molecular flexibility index (Phi) is 4.31. The summed E-state index contributed by atoms with van der Waals surface area (Å²) in [4.78, 5) is 3.88. The van der Waals surface area contributed by atoms with Crippen molar-refractivity contribution in [3.05, 3.63) is 24.1 Å². The molecule has 4 heteroatoms. The Hall–Kier alpha value is -1.16. The van der Waals surface area contributed by atoms with E-state index < -0.39 is 0 Å². The van der Waals surface area contributed by atoms with Crippen LogP contribution in [0.15, 0.2) is 18.3 Å². The molecule has 2 N–H and O–H groups in total. The number of pyridine rings is 1. The molecule has 0 unspecified atom stereocenters. The summed E-state index contributed by atoms with van der Waals surface area (Å²) in [6.45, 7) is 1.48. The maximum Gasteiger partial charge on any atom is 0.213 e. The lowest BCUT2D eigenvalue weighted by atomic mass is 9.82. The molecule has 0 saturated heterocycles. The Bertz CT molecular complexity index is 334. The normalized spacial score (nSPS) is 24.6. The number of nitrogens with zero attached hydrogens (tertiary/aromatic N) is 1. The second-order valence-electron chi connectivity index (χ2n) is 4.75. The van der Waals surface area contributed by atoms with Crippen LogP contribution in [0.25, 0.3) is 0 Å². The van der Waals surface area contributed by atoms with Gasteiger partial charge in [0.1, 0.15) is 5.82 Å². The van der Waals surface area contributed by atoms with Gasteiger partial charge in [-0.15, -0.1) is 0 Å². The number of ether oxygens (including phenoxy) is 1. The Labute approximate surface area is 101 Å². The quantitative estimate of drug-likeness (QED) is 0.876. The van der Waals surface area contributed by atoms with Crippen LogP contribution in [-0.4, -0.2) is 18.1 Å². The van der Waals surface area contributed by atoms with Crippen LogP contribution in [0.1, 0.15) is 25.7 Å². The third-order valence-electron chi connectivity index (χ3n) is 3.47. The van der Waals surface area contributed by atoms with Crippen LogP contribution >= 0.6 is 0 Å². The Morgan fingerprint density at radius 3 is 2.53 bits per heavy atom. The van der Waals surface area contributed by atoms with Gasteiger partial charge in [-0.2, -0.15) is 0 Å². The van der Waals surface area contributed by atoms with Gasteiger partial charge in [0.15, 0.2) is 0 Å². The number of halogens is 1. The minimum Gasteiger partial charge on any atom is -0.477 e. The summed E-state index contributed by atoms with van der Waals surface area (Å²) in [5.41, 5.74) is 5.65. The summed E-state index contributed by atoms with van der Waals surface area (Å²) in [5.74, 6) is 1.45. The highest BCUT2D eigenvalue weighted by molar-refractivity contribution is 5.10. The Balaban J connectivity index is 1.74. The second-order valence-corrected chi connectivity index (χ2v) is 4.75. The molecule has 1 aromatic heterocycles. The zero-order chi connectivity index (χ0) is 12.1. The first kappa shape index (κ1) is 12.3. The molecular formula is C13H19FN2O. The van der Waals surface area contributed by atoms with E-state index in [1.165, 1.54) is 37.9 Å². The number of nitrogens with two attached hydrogens (primary N) is 1. The topological polar surface area (TPSA) is 48.1 Å². The van der Waals surface area contributed by atoms with Crippen molar-refractivity contribution in [2.45, 2.75) is 25.7 Å². The highest BCUT2D eigenvalue weighted by Crippen LogP contribution is 2.28. The van der Waals surface area contributed by atoms with Gasteiger partial charge >= 0.3 is 0 Å². The molecule has 0 atom stereocenters. The number of rotatable bonds is 4. The van der Waals surface area contributed by atoms with Crippen LogP contribution in [0.2, 0.25) is 0 Å². The number of hydrogen-bond donors (Lipinski definition) is 1. The maximum absolute atomic E-state index is 12.6. The first-order valence-electron chi connectivity index (χ1n) is 6.22. The second kappa shape index (κ2) is 5.96. The van der Waals surface area contributed by atoms with Crippen molar-refractivity contribution >= 4 is 0 Å². The van der Waals surface area contributed by atoms with E-state index in [0.29, 0.717) is 24.3 Å².